The van der Waals surface area contributed by atoms with Gasteiger partial charge in [-0.15, -0.1) is 0 Å². The molecular formula is C8H16N2O3. The summed E-state index contributed by atoms with van der Waals surface area (Å²) in [5, 5.41) is 0. The van der Waals surface area contributed by atoms with Crippen LogP contribution >= 0.6 is 0 Å². The van der Waals surface area contributed by atoms with Gasteiger partial charge in [-0.05, 0) is 6.42 Å². The highest BCUT2D eigenvalue weighted by atomic mass is 16.5. The van der Waals surface area contributed by atoms with Crippen LogP contribution in [0.1, 0.15) is 26.2 Å². The van der Waals surface area contributed by atoms with Crippen LogP contribution in [0.2, 0.25) is 0 Å². The average molecular weight is 188 g/mol. The van der Waals surface area contributed by atoms with E-state index in [9.17, 15) is 9.59 Å². The van der Waals surface area contributed by atoms with Crippen LogP contribution in [0.4, 0.5) is 0 Å². The Morgan fingerprint density at radius 2 is 2.08 bits per heavy atom. The van der Waals surface area contributed by atoms with E-state index in [0.29, 0.717) is 6.42 Å². The Labute approximate surface area is 77.4 Å². The van der Waals surface area contributed by atoms with E-state index in [1.54, 1.807) is 0 Å². The number of nitrogens with two attached hydrogens (primary N) is 2. The zero-order chi connectivity index (χ0) is 10.3. The van der Waals surface area contributed by atoms with Gasteiger partial charge in [0.05, 0.1) is 0 Å². The molecule has 5 heteroatoms. The van der Waals surface area contributed by atoms with Crippen molar-refractivity contribution in [1.82, 2.24) is 0 Å². The number of carbonyl (C=O) groups is 2. The number of amides is 1. The zero-order valence-electron chi connectivity index (χ0n) is 7.79. The minimum absolute atomic E-state index is 0.390. The van der Waals surface area contributed by atoms with Gasteiger partial charge in [0.2, 0.25) is 0 Å². The van der Waals surface area contributed by atoms with Gasteiger partial charge in [-0.3, -0.25) is 9.59 Å². The Hall–Kier alpha value is -1.10. The van der Waals surface area contributed by atoms with Crippen molar-refractivity contribution >= 4 is 11.9 Å². The lowest BCUT2D eigenvalue weighted by Gasteiger charge is -2.09. The summed E-state index contributed by atoms with van der Waals surface area (Å²) < 4.78 is 4.52. The van der Waals surface area contributed by atoms with Crippen LogP contribution in [0.5, 0.6) is 0 Å². The van der Waals surface area contributed by atoms with Crippen molar-refractivity contribution < 1.29 is 14.3 Å². The number of hydrogen-bond acceptors (Lipinski definition) is 4. The SMILES string of the molecule is CCCC[C@H](N)C(=O)OCC(N)=O. The maximum Gasteiger partial charge on any atom is 0.323 e. The molecule has 0 radical (unpaired) electrons. The van der Waals surface area contributed by atoms with E-state index in [2.05, 4.69) is 4.74 Å². The van der Waals surface area contributed by atoms with E-state index in [-0.39, 0.29) is 0 Å². The van der Waals surface area contributed by atoms with E-state index >= 15 is 0 Å². The summed E-state index contributed by atoms with van der Waals surface area (Å²) in [4.78, 5) is 21.2. The monoisotopic (exact) mass is 188 g/mol. The van der Waals surface area contributed by atoms with Gasteiger partial charge in [0.25, 0.3) is 5.91 Å². The largest absolute Gasteiger partial charge is 0.454 e. The second-order valence-corrected chi connectivity index (χ2v) is 2.82. The van der Waals surface area contributed by atoms with E-state index < -0.39 is 24.5 Å². The first kappa shape index (κ1) is 11.9. The highest BCUT2D eigenvalue weighted by Gasteiger charge is 2.14. The number of ether oxygens (including phenoxy) is 1. The van der Waals surface area contributed by atoms with Crippen LogP contribution < -0.4 is 11.5 Å². The molecule has 0 aliphatic rings. The fourth-order valence-corrected chi connectivity index (χ4v) is 0.791. The Kier molecular flexibility index (Phi) is 5.88. The predicted molar refractivity (Wildman–Crippen MR) is 47.7 cm³/mol. The first-order valence-electron chi connectivity index (χ1n) is 4.28. The number of unbranched alkanes of at least 4 members (excludes halogenated alkanes) is 1. The average Bonchev–Trinajstić information content (AvgIpc) is 2.10. The lowest BCUT2D eigenvalue weighted by Crippen LogP contribution is -2.34. The molecule has 0 heterocycles. The highest BCUT2D eigenvalue weighted by Crippen LogP contribution is 1.99. The van der Waals surface area contributed by atoms with Crippen molar-refractivity contribution in [2.45, 2.75) is 32.2 Å². The zero-order valence-corrected chi connectivity index (χ0v) is 7.79. The lowest BCUT2D eigenvalue weighted by atomic mass is 10.1. The van der Waals surface area contributed by atoms with Crippen molar-refractivity contribution in [2.75, 3.05) is 6.61 Å². The first-order valence-corrected chi connectivity index (χ1v) is 4.28. The van der Waals surface area contributed by atoms with Gasteiger partial charge in [0, 0.05) is 0 Å². The second-order valence-electron chi connectivity index (χ2n) is 2.82. The molecule has 0 aromatic rings. The van der Waals surface area contributed by atoms with Gasteiger partial charge in [-0.1, -0.05) is 19.8 Å². The number of carbonyl (C=O) groups excluding carboxylic acids is 2. The van der Waals surface area contributed by atoms with E-state index in [1.807, 2.05) is 6.92 Å². The molecule has 0 bridgehead atoms. The number of primary amides is 1. The summed E-state index contributed by atoms with van der Waals surface area (Å²) >= 11 is 0. The van der Waals surface area contributed by atoms with Crippen molar-refractivity contribution in [2.24, 2.45) is 11.5 Å². The van der Waals surface area contributed by atoms with E-state index in [0.717, 1.165) is 12.8 Å². The molecule has 0 aliphatic carbocycles. The van der Waals surface area contributed by atoms with E-state index in [1.165, 1.54) is 0 Å². The number of esters is 1. The topological polar surface area (TPSA) is 95.4 Å². The smallest absolute Gasteiger partial charge is 0.323 e. The quantitative estimate of drug-likeness (QED) is 0.551. The Morgan fingerprint density at radius 3 is 2.54 bits per heavy atom. The summed E-state index contributed by atoms with van der Waals surface area (Å²) in [7, 11) is 0. The van der Waals surface area contributed by atoms with E-state index in [4.69, 9.17) is 11.5 Å². The molecule has 1 amide bonds. The molecule has 4 N–H and O–H groups in total. The van der Waals surface area contributed by atoms with Crippen molar-refractivity contribution in [3.8, 4) is 0 Å². The molecule has 0 saturated carbocycles. The maximum atomic E-state index is 11.0. The Balaban J connectivity index is 3.63. The van der Waals surface area contributed by atoms with Crippen LogP contribution in [0, 0.1) is 0 Å². The molecular weight excluding hydrogens is 172 g/mol. The van der Waals surface area contributed by atoms with Gasteiger partial charge in [0.15, 0.2) is 6.61 Å². The lowest BCUT2D eigenvalue weighted by molar-refractivity contribution is -0.149. The van der Waals surface area contributed by atoms with Crippen LogP contribution in [0.15, 0.2) is 0 Å². The van der Waals surface area contributed by atoms with Gasteiger partial charge in [0.1, 0.15) is 6.04 Å². The van der Waals surface area contributed by atoms with Crippen molar-refractivity contribution in [3.63, 3.8) is 0 Å². The normalized spacial score (nSPS) is 12.2. The van der Waals surface area contributed by atoms with Gasteiger partial charge < -0.3 is 16.2 Å². The second kappa shape index (κ2) is 6.42. The third-order valence-electron chi connectivity index (χ3n) is 1.53. The molecule has 76 valence electrons. The minimum atomic E-state index is -0.670. The summed E-state index contributed by atoms with van der Waals surface area (Å²) in [6.07, 6.45) is 2.41. The molecule has 0 aromatic carbocycles. The van der Waals surface area contributed by atoms with Crippen molar-refractivity contribution in [3.05, 3.63) is 0 Å². The third-order valence-corrected chi connectivity index (χ3v) is 1.53. The van der Waals surface area contributed by atoms with Gasteiger partial charge >= 0.3 is 5.97 Å². The molecule has 0 spiro atoms. The molecule has 5 nitrogen and oxygen atoms in total. The minimum Gasteiger partial charge on any atom is -0.454 e. The molecule has 0 aliphatic heterocycles. The predicted octanol–water partition coefficient (Wildman–Crippen LogP) is -0.468. The summed E-state index contributed by atoms with van der Waals surface area (Å²) in [5.74, 6) is -1.23. The first-order chi connectivity index (χ1) is 6.07. The Morgan fingerprint density at radius 1 is 1.46 bits per heavy atom. The molecule has 0 saturated heterocycles. The fraction of sp³-hybridized carbons (Fsp3) is 0.750. The number of rotatable bonds is 6. The summed E-state index contributed by atoms with van der Waals surface area (Å²) in [6.45, 7) is 1.61. The van der Waals surface area contributed by atoms with Crippen LogP contribution in [-0.4, -0.2) is 24.5 Å². The van der Waals surface area contributed by atoms with Crippen LogP contribution in [0.25, 0.3) is 0 Å². The standard InChI is InChI=1S/C8H16N2O3/c1-2-3-4-6(9)8(12)13-5-7(10)11/h6H,2-5,9H2,1H3,(H2,10,11)/t6-/m0/s1. The summed E-state index contributed by atoms with van der Waals surface area (Å²) in [6, 6.07) is -0.640. The molecule has 0 aromatic heterocycles. The fourth-order valence-electron chi connectivity index (χ4n) is 0.791. The van der Waals surface area contributed by atoms with Crippen molar-refractivity contribution in [1.29, 1.82) is 0 Å². The van der Waals surface area contributed by atoms with Crippen LogP contribution in [0.3, 0.4) is 0 Å². The number of hydrogen-bond donors (Lipinski definition) is 2. The van der Waals surface area contributed by atoms with Gasteiger partial charge in [-0.2, -0.15) is 0 Å². The van der Waals surface area contributed by atoms with Crippen LogP contribution in [-0.2, 0) is 14.3 Å². The molecule has 13 heavy (non-hydrogen) atoms. The Bertz CT molecular complexity index is 182. The summed E-state index contributed by atoms with van der Waals surface area (Å²) in [5.41, 5.74) is 10.2. The highest BCUT2D eigenvalue weighted by molar-refractivity contribution is 5.81. The molecule has 0 fully saturated rings. The van der Waals surface area contributed by atoms with Gasteiger partial charge in [-0.25, -0.2) is 0 Å². The molecule has 0 rings (SSSR count). The molecule has 1 atom stereocenters. The third kappa shape index (κ3) is 6.10. The maximum absolute atomic E-state index is 11.0. The molecule has 0 unspecified atom stereocenters.